The summed E-state index contributed by atoms with van der Waals surface area (Å²) in [5.74, 6) is 1.06. The van der Waals surface area contributed by atoms with Crippen molar-refractivity contribution in [3.05, 3.63) is 63.6 Å². The molecule has 0 bridgehead atoms. The molecule has 1 aromatic heterocycles. The average Bonchev–Trinajstić information content (AvgIpc) is 3.05. The molecule has 4 nitrogen and oxygen atoms in total. The highest BCUT2D eigenvalue weighted by molar-refractivity contribution is 7.99. The molecule has 0 unspecified atom stereocenters. The van der Waals surface area contributed by atoms with E-state index in [9.17, 15) is 4.79 Å². The standard InChI is InChI=1S/C19H17Cl2N3OS/c1-3-24-18(14-5-4-12(2)16(21)10-14)22-23-19(24)26-11-17(25)13-6-8-15(20)9-7-13/h4-10H,3,11H2,1-2H3. The molecule has 0 aliphatic rings. The number of halogens is 2. The second kappa shape index (κ2) is 8.25. The van der Waals surface area contributed by atoms with Crippen LogP contribution in [0.3, 0.4) is 0 Å². The lowest BCUT2D eigenvalue weighted by Crippen LogP contribution is -2.05. The number of aryl methyl sites for hydroxylation is 1. The van der Waals surface area contributed by atoms with Crippen LogP contribution in [0.1, 0.15) is 22.8 Å². The van der Waals surface area contributed by atoms with Crippen LogP contribution in [0, 0.1) is 6.92 Å². The Balaban J connectivity index is 1.78. The van der Waals surface area contributed by atoms with Crippen molar-refractivity contribution in [2.24, 2.45) is 0 Å². The minimum absolute atomic E-state index is 0.0252. The molecule has 3 aromatic rings. The molecular formula is C19H17Cl2N3OS. The number of hydrogen-bond acceptors (Lipinski definition) is 4. The monoisotopic (exact) mass is 405 g/mol. The Morgan fingerprint density at radius 3 is 2.50 bits per heavy atom. The van der Waals surface area contributed by atoms with E-state index in [2.05, 4.69) is 10.2 Å². The molecule has 0 radical (unpaired) electrons. The fourth-order valence-electron chi connectivity index (χ4n) is 2.48. The lowest BCUT2D eigenvalue weighted by atomic mass is 10.1. The fourth-order valence-corrected chi connectivity index (χ4v) is 3.68. The molecule has 1 heterocycles. The summed E-state index contributed by atoms with van der Waals surface area (Å²) in [6.45, 7) is 4.68. The predicted octanol–water partition coefficient (Wildman–Crippen LogP) is 5.56. The van der Waals surface area contributed by atoms with Crippen molar-refractivity contribution < 1.29 is 4.79 Å². The van der Waals surface area contributed by atoms with Crippen LogP contribution in [-0.4, -0.2) is 26.3 Å². The van der Waals surface area contributed by atoms with Gasteiger partial charge >= 0.3 is 0 Å². The molecular weight excluding hydrogens is 389 g/mol. The molecule has 0 aliphatic carbocycles. The largest absolute Gasteiger partial charge is 0.302 e. The SMILES string of the molecule is CCn1c(SCC(=O)c2ccc(Cl)cc2)nnc1-c1ccc(C)c(Cl)c1. The molecule has 2 aromatic carbocycles. The van der Waals surface area contributed by atoms with E-state index < -0.39 is 0 Å². The first-order valence-corrected chi connectivity index (χ1v) is 9.85. The minimum atomic E-state index is 0.0252. The number of hydrogen-bond donors (Lipinski definition) is 0. The Kier molecular flexibility index (Phi) is 6.01. The van der Waals surface area contributed by atoms with Gasteiger partial charge in [-0.25, -0.2) is 0 Å². The second-order valence-electron chi connectivity index (χ2n) is 5.73. The van der Waals surface area contributed by atoms with Gasteiger partial charge in [0.25, 0.3) is 0 Å². The van der Waals surface area contributed by atoms with Crippen LogP contribution in [-0.2, 0) is 6.54 Å². The third-order valence-electron chi connectivity index (χ3n) is 3.96. The highest BCUT2D eigenvalue weighted by atomic mass is 35.5. The summed E-state index contributed by atoms with van der Waals surface area (Å²) in [5, 5.41) is 10.6. The summed E-state index contributed by atoms with van der Waals surface area (Å²) in [4.78, 5) is 12.3. The number of rotatable bonds is 6. The Morgan fingerprint density at radius 1 is 1.12 bits per heavy atom. The molecule has 3 rings (SSSR count). The van der Waals surface area contributed by atoms with Gasteiger partial charge in [-0.15, -0.1) is 10.2 Å². The first-order chi connectivity index (χ1) is 12.5. The molecule has 26 heavy (non-hydrogen) atoms. The molecule has 0 fully saturated rings. The summed E-state index contributed by atoms with van der Waals surface area (Å²) < 4.78 is 1.99. The van der Waals surface area contributed by atoms with E-state index in [-0.39, 0.29) is 11.5 Å². The Bertz CT molecular complexity index is 938. The van der Waals surface area contributed by atoms with Gasteiger partial charge in [-0.05, 0) is 49.7 Å². The van der Waals surface area contributed by atoms with Gasteiger partial charge in [0.05, 0.1) is 5.75 Å². The second-order valence-corrected chi connectivity index (χ2v) is 7.52. The number of Topliss-reactive ketones (excluding diaryl/α,β-unsaturated/α-hetero) is 1. The van der Waals surface area contributed by atoms with Gasteiger partial charge in [0.2, 0.25) is 0 Å². The smallest absolute Gasteiger partial charge is 0.191 e. The quantitative estimate of drug-likeness (QED) is 0.398. The maximum absolute atomic E-state index is 12.3. The molecule has 7 heteroatoms. The number of aromatic nitrogens is 3. The third kappa shape index (κ3) is 4.11. The van der Waals surface area contributed by atoms with Gasteiger partial charge < -0.3 is 4.57 Å². The molecule has 0 saturated heterocycles. The number of ketones is 1. The van der Waals surface area contributed by atoms with Crippen molar-refractivity contribution in [3.63, 3.8) is 0 Å². The van der Waals surface area contributed by atoms with Crippen molar-refractivity contribution in [2.75, 3.05) is 5.75 Å². The molecule has 0 N–H and O–H groups in total. The lowest BCUT2D eigenvalue weighted by molar-refractivity contribution is 0.102. The molecule has 134 valence electrons. The molecule has 0 amide bonds. The number of carbonyl (C=O) groups excluding carboxylic acids is 1. The van der Waals surface area contributed by atoms with Crippen LogP contribution in [0.15, 0.2) is 47.6 Å². The van der Waals surface area contributed by atoms with Gasteiger partial charge in [-0.1, -0.05) is 47.1 Å². The zero-order valence-electron chi connectivity index (χ0n) is 14.4. The van der Waals surface area contributed by atoms with E-state index in [0.29, 0.717) is 27.3 Å². The first kappa shape index (κ1) is 19.0. The van der Waals surface area contributed by atoms with Gasteiger partial charge in [0, 0.05) is 27.7 Å². The summed E-state index contributed by atoms with van der Waals surface area (Å²) in [7, 11) is 0. The highest BCUT2D eigenvalue weighted by Crippen LogP contribution is 2.27. The van der Waals surface area contributed by atoms with Crippen molar-refractivity contribution in [1.82, 2.24) is 14.8 Å². The van der Waals surface area contributed by atoms with Gasteiger partial charge in [0.1, 0.15) is 0 Å². The van der Waals surface area contributed by atoms with E-state index in [1.165, 1.54) is 11.8 Å². The highest BCUT2D eigenvalue weighted by Gasteiger charge is 2.16. The number of nitrogens with zero attached hydrogens (tertiary/aromatic N) is 3. The Morgan fingerprint density at radius 2 is 1.85 bits per heavy atom. The van der Waals surface area contributed by atoms with Crippen molar-refractivity contribution in [3.8, 4) is 11.4 Å². The van der Waals surface area contributed by atoms with E-state index in [1.807, 2.05) is 36.6 Å². The zero-order valence-corrected chi connectivity index (χ0v) is 16.7. The Hall–Kier alpha value is -1.82. The van der Waals surface area contributed by atoms with Crippen LogP contribution in [0.2, 0.25) is 10.0 Å². The minimum Gasteiger partial charge on any atom is -0.302 e. The van der Waals surface area contributed by atoms with Crippen LogP contribution in [0.25, 0.3) is 11.4 Å². The summed E-state index contributed by atoms with van der Waals surface area (Å²) in [6, 6.07) is 12.7. The topological polar surface area (TPSA) is 47.8 Å². The fraction of sp³-hybridized carbons (Fsp3) is 0.211. The number of benzene rings is 2. The van der Waals surface area contributed by atoms with Crippen LogP contribution in [0.4, 0.5) is 0 Å². The molecule has 0 spiro atoms. The summed E-state index contributed by atoms with van der Waals surface area (Å²) in [6.07, 6.45) is 0. The van der Waals surface area contributed by atoms with Gasteiger partial charge in [-0.3, -0.25) is 4.79 Å². The van der Waals surface area contributed by atoms with Crippen LogP contribution >= 0.6 is 35.0 Å². The van der Waals surface area contributed by atoms with Crippen molar-refractivity contribution in [2.45, 2.75) is 25.5 Å². The first-order valence-electron chi connectivity index (χ1n) is 8.11. The van der Waals surface area contributed by atoms with E-state index in [4.69, 9.17) is 23.2 Å². The predicted molar refractivity (Wildman–Crippen MR) is 107 cm³/mol. The normalized spacial score (nSPS) is 10.9. The van der Waals surface area contributed by atoms with Crippen LogP contribution < -0.4 is 0 Å². The average molecular weight is 406 g/mol. The molecule has 0 aliphatic heterocycles. The zero-order chi connectivity index (χ0) is 18.7. The molecule has 0 atom stereocenters. The van der Waals surface area contributed by atoms with Gasteiger partial charge in [0.15, 0.2) is 16.8 Å². The molecule has 0 saturated carbocycles. The number of carbonyl (C=O) groups is 1. The number of thioether (sulfide) groups is 1. The third-order valence-corrected chi connectivity index (χ3v) is 5.59. The van der Waals surface area contributed by atoms with Crippen LogP contribution in [0.5, 0.6) is 0 Å². The Labute approximate surface area is 166 Å². The maximum atomic E-state index is 12.3. The van der Waals surface area contributed by atoms with E-state index in [1.54, 1.807) is 24.3 Å². The van der Waals surface area contributed by atoms with Gasteiger partial charge in [-0.2, -0.15) is 0 Å². The van der Waals surface area contributed by atoms with E-state index in [0.717, 1.165) is 17.0 Å². The summed E-state index contributed by atoms with van der Waals surface area (Å²) >= 11 is 13.5. The lowest BCUT2D eigenvalue weighted by Gasteiger charge is -2.08. The van der Waals surface area contributed by atoms with Crippen molar-refractivity contribution >= 4 is 40.7 Å². The van der Waals surface area contributed by atoms with Crippen molar-refractivity contribution in [1.29, 1.82) is 0 Å². The van der Waals surface area contributed by atoms with E-state index >= 15 is 0 Å². The maximum Gasteiger partial charge on any atom is 0.191 e. The summed E-state index contributed by atoms with van der Waals surface area (Å²) in [5.41, 5.74) is 2.56.